The quantitative estimate of drug-likeness (QED) is 0.0222. The fourth-order valence-corrected chi connectivity index (χ4v) is 13.5. The molecule has 0 amide bonds. The normalized spacial score (nSPS) is 14.3. The van der Waals surface area contributed by atoms with E-state index in [9.17, 15) is 43.2 Å². The number of unbranched alkanes of at least 4 members (excludes halogenated alkanes) is 43. The minimum absolute atomic E-state index is 0.106. The Bertz CT molecular complexity index is 1890. The number of aliphatic hydroxyl groups is 1. The number of esters is 4. The van der Waals surface area contributed by atoms with Crippen LogP contribution in [0.2, 0.25) is 0 Å². The van der Waals surface area contributed by atoms with Crippen molar-refractivity contribution >= 4 is 39.5 Å². The molecule has 0 spiro atoms. The number of aliphatic hydroxyl groups excluding tert-OH is 1. The van der Waals surface area contributed by atoms with Gasteiger partial charge in [0.2, 0.25) is 0 Å². The molecule has 0 aromatic rings. The van der Waals surface area contributed by atoms with E-state index in [2.05, 4.69) is 48.5 Å². The zero-order chi connectivity index (χ0) is 71.6. The topological polar surface area (TPSA) is 237 Å². The van der Waals surface area contributed by atoms with Gasteiger partial charge in [-0.2, -0.15) is 0 Å². The number of ether oxygens (including phenoxy) is 4. The summed E-state index contributed by atoms with van der Waals surface area (Å²) in [4.78, 5) is 72.9. The molecule has 0 radical (unpaired) electrons. The molecule has 576 valence electrons. The second kappa shape index (κ2) is 68.5. The molecular formula is C78H152O17P2. The molecule has 19 heteroatoms. The number of hydrogen-bond acceptors (Lipinski definition) is 15. The highest BCUT2D eigenvalue weighted by Crippen LogP contribution is 2.45. The molecule has 0 aliphatic carbocycles. The van der Waals surface area contributed by atoms with Crippen molar-refractivity contribution < 1.29 is 80.2 Å². The van der Waals surface area contributed by atoms with Gasteiger partial charge in [0.15, 0.2) is 12.2 Å². The minimum atomic E-state index is -4.96. The van der Waals surface area contributed by atoms with Crippen molar-refractivity contribution in [3.05, 3.63) is 0 Å². The second-order valence-electron chi connectivity index (χ2n) is 29.3. The molecule has 6 atom stereocenters. The van der Waals surface area contributed by atoms with E-state index in [-0.39, 0.29) is 25.7 Å². The monoisotopic (exact) mass is 1420 g/mol. The highest BCUT2D eigenvalue weighted by molar-refractivity contribution is 7.47. The summed E-state index contributed by atoms with van der Waals surface area (Å²) in [5.74, 6) is 0.287. The van der Waals surface area contributed by atoms with E-state index in [0.29, 0.717) is 25.7 Å². The van der Waals surface area contributed by atoms with Crippen molar-refractivity contribution in [2.24, 2.45) is 17.8 Å². The zero-order valence-corrected chi connectivity index (χ0v) is 65.3. The number of rotatable bonds is 76. The van der Waals surface area contributed by atoms with Gasteiger partial charge in [-0.05, 0) is 43.4 Å². The SMILES string of the molecule is CCCCCCCCCCCC(=O)OC[C@H](COP(=O)(O)OC[C@H](O)COP(=O)(O)OC[C@@H](COC(=O)CCCCCCCCCCCCCCCC(C)C)OC(=O)CCCCCCCCCCCCCCCCC(C)CC)OC(=O)CCCCCCCCCCCCCC(C)C. The van der Waals surface area contributed by atoms with E-state index in [1.807, 2.05) is 0 Å². The predicted octanol–water partition coefficient (Wildman–Crippen LogP) is 23.0. The van der Waals surface area contributed by atoms with Crippen LogP contribution in [-0.2, 0) is 65.4 Å². The maximum absolute atomic E-state index is 13.1. The molecule has 0 bridgehead atoms. The first-order chi connectivity index (χ1) is 46.8. The molecule has 0 heterocycles. The summed E-state index contributed by atoms with van der Waals surface area (Å²) in [6.45, 7) is 12.0. The van der Waals surface area contributed by atoms with Crippen LogP contribution >= 0.6 is 15.6 Å². The van der Waals surface area contributed by atoms with Gasteiger partial charge < -0.3 is 33.8 Å². The van der Waals surface area contributed by atoms with Gasteiger partial charge in [0.25, 0.3) is 0 Å². The lowest BCUT2D eigenvalue weighted by Gasteiger charge is -2.21. The fourth-order valence-electron chi connectivity index (χ4n) is 11.9. The molecule has 0 saturated carbocycles. The average Bonchev–Trinajstić information content (AvgIpc) is 1.23. The Labute approximate surface area is 594 Å². The molecule has 97 heavy (non-hydrogen) atoms. The highest BCUT2D eigenvalue weighted by atomic mass is 31.2. The van der Waals surface area contributed by atoms with Crippen LogP contribution in [0.4, 0.5) is 0 Å². The van der Waals surface area contributed by atoms with Crippen LogP contribution in [-0.4, -0.2) is 96.7 Å². The lowest BCUT2D eigenvalue weighted by Crippen LogP contribution is -2.30. The number of carbonyl (C=O) groups excluding carboxylic acids is 4. The lowest BCUT2D eigenvalue weighted by atomic mass is 9.99. The maximum Gasteiger partial charge on any atom is 0.472 e. The van der Waals surface area contributed by atoms with Crippen molar-refractivity contribution in [1.29, 1.82) is 0 Å². The summed E-state index contributed by atoms with van der Waals surface area (Å²) < 4.78 is 68.6. The fraction of sp³-hybridized carbons (Fsp3) is 0.949. The Hall–Kier alpha value is -1.94. The molecule has 0 aliphatic rings. The molecule has 0 fully saturated rings. The minimum Gasteiger partial charge on any atom is -0.462 e. The first kappa shape index (κ1) is 95.1. The van der Waals surface area contributed by atoms with Crippen molar-refractivity contribution in [2.45, 2.75) is 420 Å². The molecule has 0 rings (SSSR count). The van der Waals surface area contributed by atoms with Gasteiger partial charge in [-0.3, -0.25) is 37.3 Å². The molecule has 17 nitrogen and oxygen atoms in total. The van der Waals surface area contributed by atoms with Crippen LogP contribution < -0.4 is 0 Å². The summed E-state index contributed by atoms with van der Waals surface area (Å²) in [7, 11) is -9.91. The zero-order valence-electron chi connectivity index (χ0n) is 63.5. The molecule has 3 N–H and O–H groups in total. The van der Waals surface area contributed by atoms with Crippen molar-refractivity contribution in [3.63, 3.8) is 0 Å². The van der Waals surface area contributed by atoms with Crippen LogP contribution in [0, 0.1) is 17.8 Å². The predicted molar refractivity (Wildman–Crippen MR) is 395 cm³/mol. The van der Waals surface area contributed by atoms with Gasteiger partial charge in [0.05, 0.1) is 26.4 Å². The smallest absolute Gasteiger partial charge is 0.462 e. The summed E-state index contributed by atoms with van der Waals surface area (Å²) in [6.07, 6.45) is 55.4. The Balaban J connectivity index is 5.24. The van der Waals surface area contributed by atoms with Crippen LogP contribution in [0.5, 0.6) is 0 Å². The van der Waals surface area contributed by atoms with E-state index in [1.54, 1.807) is 0 Å². The van der Waals surface area contributed by atoms with E-state index in [4.69, 9.17) is 37.0 Å². The van der Waals surface area contributed by atoms with Crippen LogP contribution in [0.25, 0.3) is 0 Å². The number of phosphoric ester groups is 2. The summed E-state index contributed by atoms with van der Waals surface area (Å²) in [5.41, 5.74) is 0. The second-order valence-corrected chi connectivity index (χ2v) is 32.2. The first-order valence-corrected chi connectivity index (χ1v) is 43.4. The van der Waals surface area contributed by atoms with Crippen LogP contribution in [0.15, 0.2) is 0 Å². The van der Waals surface area contributed by atoms with Gasteiger partial charge >= 0.3 is 39.5 Å². The van der Waals surface area contributed by atoms with E-state index in [0.717, 1.165) is 108 Å². The van der Waals surface area contributed by atoms with Gasteiger partial charge in [0.1, 0.15) is 19.3 Å². The summed E-state index contributed by atoms with van der Waals surface area (Å²) in [6, 6.07) is 0. The third-order valence-corrected chi connectivity index (χ3v) is 20.4. The van der Waals surface area contributed by atoms with Gasteiger partial charge in [0, 0.05) is 25.7 Å². The number of hydrogen-bond donors (Lipinski definition) is 3. The van der Waals surface area contributed by atoms with E-state index in [1.165, 1.54) is 212 Å². The Kier molecular flexibility index (Phi) is 67.1. The standard InChI is InChI=1S/C78H152O17P2/c1-8-10-11-12-13-28-38-45-52-59-75(80)88-65-73(94-78(83)62-55-48-41-34-27-21-23-30-36-43-50-57-70(5)6)67-92-96(84,85)90-63-72(79)64-91-97(86,87)93-68-74(66-89-76(81)60-53-46-39-32-25-20-16-17-22-29-35-42-49-56-69(3)4)95-77(82)61-54-47-40-33-26-19-15-14-18-24-31-37-44-51-58-71(7)9-2/h69-74,79H,8-68H2,1-7H3,(H,84,85)(H,86,87)/t71?,72-,73+,74+/m0/s1. The Morgan fingerprint density at radius 3 is 0.784 bits per heavy atom. The van der Waals surface area contributed by atoms with Crippen LogP contribution in [0.1, 0.15) is 402 Å². The van der Waals surface area contributed by atoms with Crippen LogP contribution in [0.3, 0.4) is 0 Å². The summed E-state index contributed by atoms with van der Waals surface area (Å²) >= 11 is 0. The van der Waals surface area contributed by atoms with Gasteiger partial charge in [-0.15, -0.1) is 0 Å². The Morgan fingerprint density at radius 2 is 0.526 bits per heavy atom. The van der Waals surface area contributed by atoms with Crippen molar-refractivity contribution in [1.82, 2.24) is 0 Å². The van der Waals surface area contributed by atoms with Crippen molar-refractivity contribution in [2.75, 3.05) is 39.6 Å². The van der Waals surface area contributed by atoms with Crippen molar-refractivity contribution in [3.8, 4) is 0 Å². The first-order valence-electron chi connectivity index (χ1n) is 40.4. The van der Waals surface area contributed by atoms with Gasteiger partial charge in [-0.1, -0.05) is 350 Å². The molecule has 0 aliphatic heterocycles. The third kappa shape index (κ3) is 70.9. The number of phosphoric acid groups is 2. The van der Waals surface area contributed by atoms with Gasteiger partial charge in [-0.25, -0.2) is 9.13 Å². The number of carbonyl (C=O) groups is 4. The molecule has 0 aromatic carbocycles. The maximum atomic E-state index is 13.1. The largest absolute Gasteiger partial charge is 0.472 e. The molecular weight excluding hydrogens is 1270 g/mol. The average molecular weight is 1420 g/mol. The molecule has 0 saturated heterocycles. The summed E-state index contributed by atoms with van der Waals surface area (Å²) in [5, 5.41) is 10.6. The van der Waals surface area contributed by atoms with E-state index >= 15 is 0 Å². The third-order valence-electron chi connectivity index (χ3n) is 18.5. The molecule has 0 aromatic heterocycles. The Morgan fingerprint density at radius 1 is 0.299 bits per heavy atom. The lowest BCUT2D eigenvalue weighted by molar-refractivity contribution is -0.161. The van der Waals surface area contributed by atoms with E-state index < -0.39 is 97.5 Å². The molecule has 3 unspecified atom stereocenters. The highest BCUT2D eigenvalue weighted by Gasteiger charge is 2.30.